The van der Waals surface area contributed by atoms with E-state index in [0.717, 1.165) is 15.1 Å². The number of rotatable bonds is 5. The van der Waals surface area contributed by atoms with E-state index in [0.29, 0.717) is 16.8 Å². The molecule has 140 valence electrons. The van der Waals surface area contributed by atoms with Gasteiger partial charge in [0.1, 0.15) is 6.33 Å². The number of imide groups is 1. The van der Waals surface area contributed by atoms with E-state index in [4.69, 9.17) is 0 Å². The summed E-state index contributed by atoms with van der Waals surface area (Å²) in [5.74, 6) is -1.07. The molecule has 0 fully saturated rings. The smallest absolute Gasteiger partial charge is 0.261 e. The Kier molecular flexibility index (Phi) is 4.70. The quantitative estimate of drug-likeness (QED) is 0.607. The van der Waals surface area contributed by atoms with Gasteiger partial charge in [-0.25, -0.2) is 4.68 Å². The van der Waals surface area contributed by atoms with Gasteiger partial charge in [0.2, 0.25) is 5.91 Å². The Hall–Kier alpha value is -3.40. The summed E-state index contributed by atoms with van der Waals surface area (Å²) >= 11 is 3.29. The van der Waals surface area contributed by atoms with Crippen molar-refractivity contribution < 1.29 is 14.4 Å². The van der Waals surface area contributed by atoms with Gasteiger partial charge >= 0.3 is 0 Å². The minimum absolute atomic E-state index is 0.00137. The molecule has 10 heteroatoms. The maximum atomic E-state index is 12.4. The second-order valence-electron chi connectivity index (χ2n) is 6.05. The number of nitrogens with one attached hydrogen (secondary N) is 1. The lowest BCUT2D eigenvalue weighted by atomic mass is 10.1. The third kappa shape index (κ3) is 3.41. The molecule has 0 saturated carbocycles. The minimum Gasteiger partial charge on any atom is -0.326 e. The summed E-state index contributed by atoms with van der Waals surface area (Å²) < 4.78 is 2.21. The van der Waals surface area contributed by atoms with Crippen LogP contribution in [0.15, 0.2) is 53.3 Å². The van der Waals surface area contributed by atoms with Crippen LogP contribution >= 0.6 is 15.9 Å². The van der Waals surface area contributed by atoms with Crippen molar-refractivity contribution in [2.24, 2.45) is 0 Å². The van der Waals surface area contributed by atoms with Gasteiger partial charge in [0.25, 0.3) is 11.8 Å². The Morgan fingerprint density at radius 2 is 1.79 bits per heavy atom. The van der Waals surface area contributed by atoms with E-state index in [1.165, 1.54) is 11.0 Å². The Morgan fingerprint density at radius 3 is 2.50 bits per heavy atom. The zero-order valence-electron chi connectivity index (χ0n) is 14.4. The highest BCUT2D eigenvalue weighted by atomic mass is 79.9. The molecule has 0 bridgehead atoms. The van der Waals surface area contributed by atoms with Crippen molar-refractivity contribution in [2.75, 3.05) is 11.9 Å². The summed E-state index contributed by atoms with van der Waals surface area (Å²) in [6.07, 6.45) is 1.47. The van der Waals surface area contributed by atoms with Crippen molar-refractivity contribution in [1.29, 1.82) is 0 Å². The van der Waals surface area contributed by atoms with Gasteiger partial charge in [-0.2, -0.15) is 0 Å². The first-order chi connectivity index (χ1) is 13.5. The summed E-state index contributed by atoms with van der Waals surface area (Å²) in [4.78, 5) is 38.1. The Bertz CT molecular complexity index is 1070. The largest absolute Gasteiger partial charge is 0.326 e. The number of carbonyl (C=O) groups excluding carboxylic acids is 3. The second-order valence-corrected chi connectivity index (χ2v) is 6.97. The summed E-state index contributed by atoms with van der Waals surface area (Å²) in [5.41, 5.74) is 2.04. The number of hydrogen-bond acceptors (Lipinski definition) is 6. The number of nitrogens with zero attached hydrogens (tertiary/aromatic N) is 5. The fourth-order valence-electron chi connectivity index (χ4n) is 2.88. The average Bonchev–Trinajstić information content (AvgIpc) is 3.29. The molecular formula is C18H13BrN6O3. The van der Waals surface area contributed by atoms with E-state index in [2.05, 4.69) is 36.8 Å². The van der Waals surface area contributed by atoms with Gasteiger partial charge in [0.15, 0.2) is 0 Å². The zero-order valence-corrected chi connectivity index (χ0v) is 16.0. The number of benzene rings is 2. The van der Waals surface area contributed by atoms with Gasteiger partial charge in [-0.15, -0.1) is 5.10 Å². The monoisotopic (exact) mass is 440 g/mol. The van der Waals surface area contributed by atoms with E-state index in [1.54, 1.807) is 42.5 Å². The number of halogens is 1. The summed E-state index contributed by atoms with van der Waals surface area (Å²) in [5, 5.41) is 13.7. The third-order valence-corrected chi connectivity index (χ3v) is 4.75. The molecule has 3 amide bonds. The first-order valence-corrected chi connectivity index (χ1v) is 9.11. The van der Waals surface area contributed by atoms with Gasteiger partial charge in [-0.3, -0.25) is 19.3 Å². The predicted molar refractivity (Wildman–Crippen MR) is 102 cm³/mol. The molecule has 0 spiro atoms. The first-order valence-electron chi connectivity index (χ1n) is 8.32. The molecular weight excluding hydrogens is 428 g/mol. The van der Waals surface area contributed by atoms with Gasteiger partial charge in [-0.1, -0.05) is 15.9 Å². The lowest BCUT2D eigenvalue weighted by Crippen LogP contribution is -2.32. The maximum Gasteiger partial charge on any atom is 0.261 e. The molecule has 0 saturated heterocycles. The molecule has 1 aliphatic rings. The fourth-order valence-corrected chi connectivity index (χ4v) is 3.24. The van der Waals surface area contributed by atoms with Gasteiger partial charge in [0, 0.05) is 23.1 Å². The van der Waals surface area contributed by atoms with Crippen molar-refractivity contribution in [1.82, 2.24) is 25.1 Å². The second kappa shape index (κ2) is 7.31. The summed E-state index contributed by atoms with van der Waals surface area (Å²) in [7, 11) is 0. The molecule has 3 aromatic rings. The average molecular weight is 441 g/mol. The van der Waals surface area contributed by atoms with E-state index >= 15 is 0 Å². The van der Waals surface area contributed by atoms with Crippen molar-refractivity contribution in [3.63, 3.8) is 0 Å². The van der Waals surface area contributed by atoms with E-state index in [1.807, 2.05) is 0 Å². The van der Waals surface area contributed by atoms with Crippen molar-refractivity contribution in [3.05, 3.63) is 64.4 Å². The molecule has 1 aliphatic heterocycles. The summed E-state index contributed by atoms with van der Waals surface area (Å²) in [6, 6.07) is 11.9. The number of tetrazole rings is 1. The molecule has 0 unspecified atom stereocenters. The lowest BCUT2D eigenvalue weighted by Gasteiger charge is -2.13. The SMILES string of the molecule is O=C(CCN1C(=O)c2ccc(Br)cc2C1=O)Nc1ccc(-n2cnnn2)cc1. The molecule has 28 heavy (non-hydrogen) atoms. The van der Waals surface area contributed by atoms with Gasteiger partial charge in [-0.05, 0) is 52.9 Å². The zero-order chi connectivity index (χ0) is 19.7. The maximum absolute atomic E-state index is 12.4. The molecule has 0 radical (unpaired) electrons. The van der Waals surface area contributed by atoms with Crippen molar-refractivity contribution in [3.8, 4) is 5.69 Å². The number of amides is 3. The highest BCUT2D eigenvalue weighted by Crippen LogP contribution is 2.26. The standard InChI is InChI=1S/C18H13BrN6O3/c19-11-1-6-14-15(9-11)18(28)24(17(14)27)8-7-16(26)21-12-2-4-13(5-3-12)25-10-20-22-23-25/h1-6,9-10H,7-8H2,(H,21,26). The molecule has 0 atom stereocenters. The number of anilines is 1. The van der Waals surface area contributed by atoms with Crippen LogP contribution < -0.4 is 5.32 Å². The Balaban J connectivity index is 1.36. The number of hydrogen-bond donors (Lipinski definition) is 1. The van der Waals surface area contributed by atoms with Crippen LogP contribution in [0.2, 0.25) is 0 Å². The highest BCUT2D eigenvalue weighted by Gasteiger charge is 2.35. The predicted octanol–water partition coefficient (Wildman–Crippen LogP) is 2.05. The molecule has 0 aliphatic carbocycles. The van der Waals surface area contributed by atoms with Crippen LogP contribution in [0.25, 0.3) is 5.69 Å². The topological polar surface area (TPSA) is 110 Å². The molecule has 1 aromatic heterocycles. The van der Waals surface area contributed by atoms with Crippen molar-refractivity contribution in [2.45, 2.75) is 6.42 Å². The number of fused-ring (bicyclic) bond motifs is 1. The Labute approximate surface area is 167 Å². The number of aromatic nitrogens is 4. The molecule has 2 aromatic carbocycles. The minimum atomic E-state index is -0.389. The van der Waals surface area contributed by atoms with Crippen LogP contribution in [0.3, 0.4) is 0 Å². The highest BCUT2D eigenvalue weighted by molar-refractivity contribution is 9.10. The molecule has 4 rings (SSSR count). The van der Waals surface area contributed by atoms with Crippen LogP contribution in [-0.4, -0.2) is 49.4 Å². The van der Waals surface area contributed by atoms with Crippen LogP contribution in [0, 0.1) is 0 Å². The van der Waals surface area contributed by atoms with Crippen LogP contribution in [0.5, 0.6) is 0 Å². The van der Waals surface area contributed by atoms with Crippen LogP contribution in [0.1, 0.15) is 27.1 Å². The first kappa shape index (κ1) is 18.0. The van der Waals surface area contributed by atoms with E-state index in [-0.39, 0.29) is 30.7 Å². The van der Waals surface area contributed by atoms with E-state index in [9.17, 15) is 14.4 Å². The van der Waals surface area contributed by atoms with Crippen molar-refractivity contribution >= 4 is 39.3 Å². The fraction of sp³-hybridized carbons (Fsp3) is 0.111. The third-order valence-electron chi connectivity index (χ3n) is 4.26. The molecule has 2 heterocycles. The molecule has 9 nitrogen and oxygen atoms in total. The van der Waals surface area contributed by atoms with Crippen LogP contribution in [-0.2, 0) is 4.79 Å². The van der Waals surface area contributed by atoms with Crippen LogP contribution in [0.4, 0.5) is 5.69 Å². The van der Waals surface area contributed by atoms with Gasteiger partial charge in [0.05, 0.1) is 16.8 Å². The number of carbonyl (C=O) groups is 3. The Morgan fingerprint density at radius 1 is 1.04 bits per heavy atom. The lowest BCUT2D eigenvalue weighted by molar-refractivity contribution is -0.116. The molecule has 1 N–H and O–H groups in total. The van der Waals surface area contributed by atoms with E-state index < -0.39 is 0 Å². The summed E-state index contributed by atoms with van der Waals surface area (Å²) in [6.45, 7) is 0.0124. The normalized spacial score (nSPS) is 13.0. The van der Waals surface area contributed by atoms with Gasteiger partial charge < -0.3 is 5.32 Å².